The summed E-state index contributed by atoms with van der Waals surface area (Å²) in [6, 6.07) is 1.92. The summed E-state index contributed by atoms with van der Waals surface area (Å²) in [7, 11) is 1.88. The topological polar surface area (TPSA) is 46.9 Å². The molecular weight excluding hydrogens is 214 g/mol. The van der Waals surface area contributed by atoms with Crippen LogP contribution < -0.4 is 5.32 Å². The van der Waals surface area contributed by atoms with Gasteiger partial charge >= 0.3 is 0 Å². The minimum absolute atomic E-state index is 0.322. The van der Waals surface area contributed by atoms with E-state index in [1.54, 1.807) is 4.68 Å². The Bertz CT molecular complexity index is 366. The van der Waals surface area contributed by atoms with Crippen molar-refractivity contribution in [2.45, 2.75) is 32.1 Å². The number of Topliss-reactive ketones (excluding diaryl/α,β-unsaturated/α-hetero) is 1. The number of aryl methyl sites for hydroxylation is 1. The van der Waals surface area contributed by atoms with Gasteiger partial charge in [0.2, 0.25) is 0 Å². The lowest BCUT2D eigenvalue weighted by Crippen LogP contribution is -2.28. The Labute approximate surface area is 102 Å². The lowest BCUT2D eigenvalue weighted by Gasteiger charge is -2.21. The minimum atomic E-state index is 0.322. The molecule has 1 saturated heterocycles. The molecule has 0 bridgehead atoms. The fraction of sp³-hybridized carbons (Fsp3) is 0.692. The van der Waals surface area contributed by atoms with E-state index in [9.17, 15) is 4.79 Å². The first-order valence-electron chi connectivity index (χ1n) is 6.45. The number of nitrogens with zero attached hydrogens (tertiary/aromatic N) is 2. The molecule has 1 N–H and O–H groups in total. The second-order valence-corrected chi connectivity index (χ2v) is 4.93. The Morgan fingerprint density at radius 1 is 1.53 bits per heavy atom. The highest BCUT2D eigenvalue weighted by atomic mass is 16.1. The molecule has 1 fully saturated rings. The van der Waals surface area contributed by atoms with Crippen LogP contribution in [0.4, 0.5) is 0 Å². The summed E-state index contributed by atoms with van der Waals surface area (Å²) in [5.74, 6) is 1.06. The van der Waals surface area contributed by atoms with Crippen molar-refractivity contribution in [2.75, 3.05) is 13.1 Å². The van der Waals surface area contributed by atoms with E-state index in [2.05, 4.69) is 10.4 Å². The summed E-state index contributed by atoms with van der Waals surface area (Å²) in [5, 5.41) is 7.58. The van der Waals surface area contributed by atoms with Crippen molar-refractivity contribution < 1.29 is 4.79 Å². The standard InChI is InChI=1S/C13H21N3O/c1-16-9-6-12(15-16)10-13(17)3-2-11-4-7-14-8-5-11/h6,9,11,14H,2-5,7-8,10H2,1H3. The Morgan fingerprint density at radius 2 is 2.29 bits per heavy atom. The summed E-state index contributed by atoms with van der Waals surface area (Å²) in [6.07, 6.45) is 6.57. The van der Waals surface area contributed by atoms with Crippen LogP contribution in [-0.2, 0) is 18.3 Å². The average molecular weight is 235 g/mol. The third-order valence-electron chi connectivity index (χ3n) is 3.44. The van der Waals surface area contributed by atoms with Gasteiger partial charge in [-0.1, -0.05) is 0 Å². The molecule has 2 heterocycles. The fourth-order valence-corrected chi connectivity index (χ4v) is 2.38. The highest BCUT2D eigenvalue weighted by Crippen LogP contribution is 2.18. The molecule has 0 unspecified atom stereocenters. The normalized spacial score (nSPS) is 17.2. The Morgan fingerprint density at radius 3 is 2.94 bits per heavy atom. The van der Waals surface area contributed by atoms with Gasteiger partial charge < -0.3 is 5.32 Å². The third kappa shape index (κ3) is 3.97. The van der Waals surface area contributed by atoms with E-state index in [0.29, 0.717) is 18.6 Å². The van der Waals surface area contributed by atoms with Gasteiger partial charge in [0, 0.05) is 19.7 Å². The van der Waals surface area contributed by atoms with Crippen LogP contribution in [0.1, 0.15) is 31.4 Å². The first-order chi connectivity index (χ1) is 8.24. The van der Waals surface area contributed by atoms with Gasteiger partial charge in [0.15, 0.2) is 0 Å². The summed E-state index contributed by atoms with van der Waals surface area (Å²) >= 11 is 0. The lowest BCUT2D eigenvalue weighted by atomic mass is 9.92. The van der Waals surface area contributed by atoms with Crippen LogP contribution in [0.3, 0.4) is 0 Å². The van der Waals surface area contributed by atoms with E-state index in [0.717, 1.165) is 31.1 Å². The SMILES string of the molecule is Cn1ccc(CC(=O)CCC2CCNCC2)n1. The number of carbonyl (C=O) groups excluding carboxylic acids is 1. The summed E-state index contributed by atoms with van der Waals surface area (Å²) < 4.78 is 1.75. The quantitative estimate of drug-likeness (QED) is 0.837. The highest BCUT2D eigenvalue weighted by Gasteiger charge is 2.15. The molecule has 0 saturated carbocycles. The van der Waals surface area contributed by atoms with Gasteiger partial charge in [0.05, 0.1) is 12.1 Å². The first kappa shape index (κ1) is 12.3. The molecule has 17 heavy (non-hydrogen) atoms. The van der Waals surface area contributed by atoms with Crippen molar-refractivity contribution in [3.63, 3.8) is 0 Å². The molecule has 0 spiro atoms. The highest BCUT2D eigenvalue weighted by molar-refractivity contribution is 5.80. The van der Waals surface area contributed by atoms with Gasteiger partial charge in [0.1, 0.15) is 5.78 Å². The molecule has 4 nitrogen and oxygen atoms in total. The number of hydrogen-bond donors (Lipinski definition) is 1. The Hall–Kier alpha value is -1.16. The molecular formula is C13H21N3O. The predicted octanol–water partition coefficient (Wildman–Crippen LogP) is 1.31. The van der Waals surface area contributed by atoms with Gasteiger partial charge in [-0.2, -0.15) is 5.10 Å². The number of rotatable bonds is 5. The van der Waals surface area contributed by atoms with Crippen LogP contribution in [0.5, 0.6) is 0 Å². The number of hydrogen-bond acceptors (Lipinski definition) is 3. The largest absolute Gasteiger partial charge is 0.317 e. The van der Waals surface area contributed by atoms with Crippen molar-refractivity contribution in [3.05, 3.63) is 18.0 Å². The fourth-order valence-electron chi connectivity index (χ4n) is 2.38. The maximum absolute atomic E-state index is 11.8. The average Bonchev–Trinajstić information content (AvgIpc) is 2.73. The van der Waals surface area contributed by atoms with Crippen molar-refractivity contribution in [1.82, 2.24) is 15.1 Å². The van der Waals surface area contributed by atoms with Gasteiger partial charge in [-0.15, -0.1) is 0 Å². The molecule has 0 aromatic carbocycles. The van der Waals surface area contributed by atoms with Gasteiger partial charge in [0.25, 0.3) is 0 Å². The molecule has 0 aliphatic carbocycles. The van der Waals surface area contributed by atoms with Crippen molar-refractivity contribution in [1.29, 1.82) is 0 Å². The van der Waals surface area contributed by atoms with Crippen molar-refractivity contribution >= 4 is 5.78 Å². The third-order valence-corrected chi connectivity index (χ3v) is 3.44. The van der Waals surface area contributed by atoms with E-state index in [1.165, 1.54) is 12.8 Å². The summed E-state index contributed by atoms with van der Waals surface area (Å²) in [5.41, 5.74) is 0.891. The number of carbonyl (C=O) groups is 1. The molecule has 1 aliphatic heterocycles. The van der Waals surface area contributed by atoms with Crippen LogP contribution in [0.2, 0.25) is 0 Å². The van der Waals surface area contributed by atoms with Crippen molar-refractivity contribution in [3.8, 4) is 0 Å². The minimum Gasteiger partial charge on any atom is -0.317 e. The van der Waals surface area contributed by atoms with Gasteiger partial charge in [-0.05, 0) is 44.3 Å². The van der Waals surface area contributed by atoms with Crippen LogP contribution in [-0.4, -0.2) is 28.7 Å². The van der Waals surface area contributed by atoms with E-state index in [1.807, 2.05) is 19.3 Å². The smallest absolute Gasteiger partial charge is 0.138 e. The summed E-state index contributed by atoms with van der Waals surface area (Å²) in [6.45, 7) is 2.22. The monoisotopic (exact) mass is 235 g/mol. The number of aromatic nitrogens is 2. The number of piperidine rings is 1. The lowest BCUT2D eigenvalue weighted by molar-refractivity contribution is -0.118. The molecule has 0 atom stereocenters. The second-order valence-electron chi connectivity index (χ2n) is 4.93. The van der Waals surface area contributed by atoms with E-state index >= 15 is 0 Å². The molecule has 1 aromatic heterocycles. The van der Waals surface area contributed by atoms with Crippen LogP contribution in [0, 0.1) is 5.92 Å². The number of nitrogens with one attached hydrogen (secondary N) is 1. The van der Waals surface area contributed by atoms with Crippen LogP contribution in [0.25, 0.3) is 0 Å². The molecule has 94 valence electrons. The molecule has 1 aromatic rings. The zero-order valence-electron chi connectivity index (χ0n) is 10.5. The maximum Gasteiger partial charge on any atom is 0.138 e. The molecule has 4 heteroatoms. The number of ketones is 1. The zero-order chi connectivity index (χ0) is 12.1. The zero-order valence-corrected chi connectivity index (χ0v) is 10.5. The Balaban J connectivity index is 1.70. The van der Waals surface area contributed by atoms with Gasteiger partial charge in [-0.3, -0.25) is 9.48 Å². The molecule has 1 aliphatic rings. The molecule has 0 radical (unpaired) electrons. The second kappa shape index (κ2) is 5.96. The Kier molecular flexibility index (Phi) is 4.31. The summed E-state index contributed by atoms with van der Waals surface area (Å²) in [4.78, 5) is 11.8. The first-order valence-corrected chi connectivity index (χ1v) is 6.45. The predicted molar refractivity (Wildman–Crippen MR) is 66.7 cm³/mol. The van der Waals surface area contributed by atoms with Gasteiger partial charge in [-0.25, -0.2) is 0 Å². The molecule has 0 amide bonds. The molecule has 2 rings (SSSR count). The van der Waals surface area contributed by atoms with Crippen molar-refractivity contribution in [2.24, 2.45) is 13.0 Å². The van der Waals surface area contributed by atoms with E-state index in [4.69, 9.17) is 0 Å². The van der Waals surface area contributed by atoms with Crippen LogP contribution in [0.15, 0.2) is 12.3 Å². The van der Waals surface area contributed by atoms with E-state index in [-0.39, 0.29) is 0 Å². The maximum atomic E-state index is 11.8. The van der Waals surface area contributed by atoms with Crippen LogP contribution >= 0.6 is 0 Å². The van der Waals surface area contributed by atoms with E-state index < -0.39 is 0 Å².